The highest BCUT2D eigenvalue weighted by molar-refractivity contribution is 7.30. The normalized spacial score (nSPS) is 13.8. The fourth-order valence-electron chi connectivity index (χ4n) is 6.42. The number of hydrogen-bond acceptors (Lipinski definition) is 5. The Kier molecular flexibility index (Phi) is 32.1. The Morgan fingerprint density at radius 3 is 1.19 bits per heavy atom. The van der Waals surface area contributed by atoms with Gasteiger partial charge in [-0.2, -0.15) is 0 Å². The molecule has 48 heavy (non-hydrogen) atoms. The standard InChI is InChI=1S/C41H77NO5P/c1-6-8-10-12-14-16-18-20-22-24-26-28-30-32-34-36-38(43)40(42(3,4)5)41(47-48(45)46)39(44)37-35-33-31-29-27-25-23-21-19-17-15-13-11-9-7-2/h20-23,40-41H,6-19,24-37H2,1-5H3/q+1/b22-20+,23-21+. The first-order valence-electron chi connectivity index (χ1n) is 20.1. The van der Waals surface area contributed by atoms with Crippen molar-refractivity contribution in [2.24, 2.45) is 0 Å². The fraction of sp³-hybridized carbons (Fsp3) is 0.854. The summed E-state index contributed by atoms with van der Waals surface area (Å²) in [7, 11) is 2.27. The zero-order valence-corrected chi connectivity index (χ0v) is 33.1. The largest absolute Gasteiger partial charge is 0.566 e. The molecule has 3 unspecified atom stereocenters. The number of nitrogens with zero attached hydrogens (tertiary/aromatic N) is 1. The van der Waals surface area contributed by atoms with Crippen LogP contribution in [-0.2, 0) is 18.7 Å². The summed E-state index contributed by atoms with van der Waals surface area (Å²) in [4.78, 5) is 38.3. The molecule has 0 fully saturated rings. The zero-order valence-electron chi connectivity index (χ0n) is 32.2. The van der Waals surface area contributed by atoms with E-state index in [-0.39, 0.29) is 22.5 Å². The number of carbonyl (C=O) groups is 2. The molecule has 0 saturated carbocycles. The van der Waals surface area contributed by atoms with Crippen molar-refractivity contribution < 1.29 is 28.1 Å². The molecule has 0 amide bonds. The Labute approximate surface area is 298 Å². The van der Waals surface area contributed by atoms with E-state index in [2.05, 4.69) is 38.2 Å². The summed E-state index contributed by atoms with van der Waals surface area (Å²) in [5.41, 5.74) is 0. The fourth-order valence-corrected chi connectivity index (χ4v) is 6.84. The Morgan fingerprint density at radius 2 is 0.854 bits per heavy atom. The molecule has 3 atom stereocenters. The van der Waals surface area contributed by atoms with E-state index in [1.807, 2.05) is 21.1 Å². The van der Waals surface area contributed by atoms with Gasteiger partial charge < -0.3 is 9.38 Å². The Morgan fingerprint density at radius 1 is 0.542 bits per heavy atom. The molecule has 280 valence electrons. The first-order valence-corrected chi connectivity index (χ1v) is 21.2. The van der Waals surface area contributed by atoms with Gasteiger partial charge in [0, 0.05) is 12.8 Å². The van der Waals surface area contributed by atoms with E-state index in [1.54, 1.807) is 0 Å². The minimum atomic E-state index is -3.24. The predicted molar refractivity (Wildman–Crippen MR) is 203 cm³/mol. The number of rotatable bonds is 36. The Hall–Kier alpha value is -1.20. The van der Waals surface area contributed by atoms with Gasteiger partial charge in [-0.05, 0) is 68.8 Å². The molecule has 0 aromatic carbocycles. The molecule has 0 aliphatic carbocycles. The molecule has 0 saturated heterocycles. The van der Waals surface area contributed by atoms with E-state index in [9.17, 15) is 19.0 Å². The van der Waals surface area contributed by atoms with Crippen molar-refractivity contribution in [3.63, 3.8) is 0 Å². The van der Waals surface area contributed by atoms with Crippen LogP contribution in [0.25, 0.3) is 0 Å². The third kappa shape index (κ3) is 28.6. The van der Waals surface area contributed by atoms with Gasteiger partial charge in [-0.3, -0.25) is 9.59 Å². The maximum atomic E-state index is 13.4. The summed E-state index contributed by atoms with van der Waals surface area (Å²) in [6.45, 7) is 4.50. The number of quaternary nitrogens is 1. The molecule has 6 nitrogen and oxygen atoms in total. The van der Waals surface area contributed by atoms with Gasteiger partial charge in [0.1, 0.15) is 0 Å². The molecule has 7 heteroatoms. The van der Waals surface area contributed by atoms with E-state index in [1.165, 1.54) is 96.3 Å². The quantitative estimate of drug-likeness (QED) is 0.0282. The number of Topliss-reactive ketones (excluding diaryl/α,β-unsaturated/α-hetero) is 2. The minimum Gasteiger partial charge on any atom is -0.566 e. The van der Waals surface area contributed by atoms with Crippen LogP contribution in [-0.4, -0.2) is 49.3 Å². The van der Waals surface area contributed by atoms with Crippen LogP contribution < -0.4 is 4.89 Å². The van der Waals surface area contributed by atoms with Crippen molar-refractivity contribution in [1.82, 2.24) is 0 Å². The molecule has 0 aliphatic heterocycles. The van der Waals surface area contributed by atoms with Gasteiger partial charge in [-0.1, -0.05) is 141 Å². The van der Waals surface area contributed by atoms with Gasteiger partial charge >= 0.3 is 8.25 Å². The molecule has 0 N–H and O–H groups in total. The van der Waals surface area contributed by atoms with Gasteiger partial charge in [0.25, 0.3) is 0 Å². The second kappa shape index (κ2) is 33.0. The van der Waals surface area contributed by atoms with E-state index in [0.717, 1.165) is 64.2 Å². The maximum absolute atomic E-state index is 13.4. The molecule has 0 rings (SSSR count). The van der Waals surface area contributed by atoms with E-state index in [0.29, 0.717) is 12.8 Å². The third-order valence-electron chi connectivity index (χ3n) is 9.34. The monoisotopic (exact) mass is 695 g/mol. The lowest BCUT2D eigenvalue weighted by Gasteiger charge is -2.35. The lowest BCUT2D eigenvalue weighted by atomic mass is 9.93. The van der Waals surface area contributed by atoms with Gasteiger partial charge in [-0.25, -0.2) is 0 Å². The van der Waals surface area contributed by atoms with Crippen molar-refractivity contribution in [2.45, 2.75) is 206 Å². The van der Waals surface area contributed by atoms with Gasteiger partial charge in [0.2, 0.25) is 6.10 Å². The highest BCUT2D eigenvalue weighted by Gasteiger charge is 2.46. The lowest BCUT2D eigenvalue weighted by Crippen LogP contribution is -2.58. The molecular weight excluding hydrogens is 617 g/mol. The maximum Gasteiger partial charge on any atom is 0.489 e. The van der Waals surface area contributed by atoms with Crippen LogP contribution in [0.1, 0.15) is 194 Å². The van der Waals surface area contributed by atoms with Gasteiger partial charge in [-0.15, -0.1) is 4.52 Å². The predicted octanol–water partition coefficient (Wildman–Crippen LogP) is 11.7. The average Bonchev–Trinajstić information content (AvgIpc) is 3.03. The Balaban J connectivity index is 4.37. The number of allylic oxidation sites excluding steroid dienone is 4. The van der Waals surface area contributed by atoms with E-state index in [4.69, 9.17) is 4.52 Å². The van der Waals surface area contributed by atoms with Gasteiger partial charge in [0.15, 0.2) is 17.6 Å². The van der Waals surface area contributed by atoms with Crippen LogP contribution in [0.3, 0.4) is 0 Å². The number of likely N-dealkylation sites (N-methyl/N-ethyl adjacent to an activating group) is 1. The summed E-state index contributed by atoms with van der Waals surface area (Å²) in [5, 5.41) is 0. The van der Waals surface area contributed by atoms with Crippen molar-refractivity contribution >= 4 is 19.8 Å². The summed E-state index contributed by atoms with van der Waals surface area (Å²) in [6.07, 6.45) is 39.2. The lowest BCUT2D eigenvalue weighted by molar-refractivity contribution is -0.888. The summed E-state index contributed by atoms with van der Waals surface area (Å²) < 4.78 is 17.0. The van der Waals surface area contributed by atoms with Crippen molar-refractivity contribution in [2.75, 3.05) is 21.1 Å². The van der Waals surface area contributed by atoms with Crippen LogP contribution >= 0.6 is 8.25 Å². The molecule has 0 aliphatic rings. The molecular formula is C41H77NO5P+. The first kappa shape index (κ1) is 46.8. The number of hydrogen-bond donors (Lipinski definition) is 0. The summed E-state index contributed by atoms with van der Waals surface area (Å²) in [5.74, 6) is -0.359. The van der Waals surface area contributed by atoms with Crippen LogP contribution in [0.5, 0.6) is 0 Å². The molecule has 0 bridgehead atoms. The summed E-state index contributed by atoms with van der Waals surface area (Å²) in [6, 6.07) is -0.828. The second-order valence-corrected chi connectivity index (χ2v) is 15.6. The minimum absolute atomic E-state index is 0.0834. The number of carbonyl (C=O) groups excluding carboxylic acids is 2. The molecule has 0 spiro atoms. The molecule has 0 heterocycles. The molecule has 0 radical (unpaired) electrons. The molecule has 0 aromatic heterocycles. The molecule has 0 aromatic rings. The number of unbranched alkanes of at least 4 members (excludes halogenated alkanes) is 22. The highest BCUT2D eigenvalue weighted by atomic mass is 31.1. The van der Waals surface area contributed by atoms with Crippen LogP contribution in [0, 0.1) is 0 Å². The van der Waals surface area contributed by atoms with E-state index < -0.39 is 20.4 Å². The van der Waals surface area contributed by atoms with Crippen LogP contribution in [0.15, 0.2) is 24.3 Å². The SMILES string of the molecule is CCCCCCCC/C=C/CCCCCCCC(=O)C(O[P+](=O)[O-])C(C(=O)CCCCCCC/C=C/CCCCCCCC)[N+](C)(C)C. The number of ketones is 2. The topological polar surface area (TPSA) is 83.5 Å². The Bertz CT molecular complexity index is 850. The first-order chi connectivity index (χ1) is 23.1. The van der Waals surface area contributed by atoms with Gasteiger partial charge in [0.05, 0.1) is 21.1 Å². The third-order valence-corrected chi connectivity index (χ3v) is 9.74. The smallest absolute Gasteiger partial charge is 0.489 e. The van der Waals surface area contributed by atoms with Crippen LogP contribution in [0.4, 0.5) is 0 Å². The average molecular weight is 695 g/mol. The summed E-state index contributed by atoms with van der Waals surface area (Å²) >= 11 is 0. The van der Waals surface area contributed by atoms with Crippen LogP contribution in [0.2, 0.25) is 0 Å². The second-order valence-electron chi connectivity index (χ2n) is 14.9. The highest BCUT2D eigenvalue weighted by Crippen LogP contribution is 2.25. The van der Waals surface area contributed by atoms with Crippen molar-refractivity contribution in [1.29, 1.82) is 0 Å². The zero-order chi connectivity index (χ0) is 35.7. The van der Waals surface area contributed by atoms with E-state index >= 15 is 0 Å². The van der Waals surface area contributed by atoms with Crippen molar-refractivity contribution in [3.8, 4) is 0 Å². The van der Waals surface area contributed by atoms with Crippen molar-refractivity contribution in [3.05, 3.63) is 24.3 Å².